The van der Waals surface area contributed by atoms with Crippen molar-refractivity contribution >= 4 is 23.4 Å². The number of aliphatic carboxylic acids is 1. The Morgan fingerprint density at radius 2 is 1.71 bits per heavy atom. The Labute approximate surface area is 187 Å². The summed E-state index contributed by atoms with van der Waals surface area (Å²) in [6.07, 6.45) is 2.33. The molecule has 31 heavy (non-hydrogen) atoms. The first-order valence-electron chi connectivity index (χ1n) is 10.5. The molecule has 0 fully saturated rings. The summed E-state index contributed by atoms with van der Waals surface area (Å²) in [5.74, 6) is -0.609. The molecule has 2 N–H and O–H groups in total. The topological polar surface area (TPSA) is 93.1 Å². The minimum atomic E-state index is -0.914. The van der Waals surface area contributed by atoms with E-state index in [1.807, 2.05) is 6.92 Å². The fourth-order valence-corrected chi connectivity index (χ4v) is 3.37. The van der Waals surface area contributed by atoms with Crippen LogP contribution in [0.3, 0.4) is 0 Å². The SMILES string of the molecule is CCCc1c(OCCCOc2ccc(C(C)C(=O)O)cc2Cl)ccc(C(=O)CC)c1O. The quantitative estimate of drug-likeness (QED) is 0.323. The summed E-state index contributed by atoms with van der Waals surface area (Å²) in [5.41, 5.74) is 1.59. The van der Waals surface area contributed by atoms with Gasteiger partial charge in [0.05, 0.1) is 29.7 Å². The summed E-state index contributed by atoms with van der Waals surface area (Å²) in [6.45, 7) is 6.08. The number of phenols is 1. The number of hydrogen-bond acceptors (Lipinski definition) is 5. The van der Waals surface area contributed by atoms with E-state index in [9.17, 15) is 14.7 Å². The van der Waals surface area contributed by atoms with Crippen molar-refractivity contribution in [1.29, 1.82) is 0 Å². The van der Waals surface area contributed by atoms with Gasteiger partial charge in [-0.05, 0) is 43.2 Å². The lowest BCUT2D eigenvalue weighted by Gasteiger charge is -2.15. The second-order valence-corrected chi connectivity index (χ2v) is 7.67. The van der Waals surface area contributed by atoms with Crippen molar-refractivity contribution in [3.8, 4) is 17.2 Å². The van der Waals surface area contributed by atoms with Crippen LogP contribution < -0.4 is 9.47 Å². The molecule has 2 aromatic carbocycles. The van der Waals surface area contributed by atoms with Crippen LogP contribution in [-0.4, -0.2) is 35.2 Å². The van der Waals surface area contributed by atoms with Crippen LogP contribution in [0.1, 0.15) is 67.4 Å². The number of Topliss-reactive ketones (excluding diaryl/α,β-unsaturated/α-hetero) is 1. The smallest absolute Gasteiger partial charge is 0.310 e. The molecule has 0 heterocycles. The Hall–Kier alpha value is -2.73. The highest BCUT2D eigenvalue weighted by atomic mass is 35.5. The zero-order chi connectivity index (χ0) is 23.0. The van der Waals surface area contributed by atoms with Crippen molar-refractivity contribution in [3.63, 3.8) is 0 Å². The van der Waals surface area contributed by atoms with Gasteiger partial charge in [0.2, 0.25) is 0 Å². The van der Waals surface area contributed by atoms with Crippen molar-refractivity contribution in [2.75, 3.05) is 13.2 Å². The summed E-state index contributed by atoms with van der Waals surface area (Å²) < 4.78 is 11.5. The normalized spacial score (nSPS) is 11.7. The lowest BCUT2D eigenvalue weighted by molar-refractivity contribution is -0.138. The number of hydrogen-bond donors (Lipinski definition) is 2. The molecule has 6 nitrogen and oxygen atoms in total. The highest BCUT2D eigenvalue weighted by molar-refractivity contribution is 6.32. The summed E-state index contributed by atoms with van der Waals surface area (Å²) >= 11 is 6.21. The number of carboxylic acids is 1. The molecule has 0 amide bonds. The number of ketones is 1. The van der Waals surface area contributed by atoms with E-state index >= 15 is 0 Å². The second kappa shape index (κ2) is 11.6. The van der Waals surface area contributed by atoms with Crippen molar-refractivity contribution in [2.45, 2.75) is 52.4 Å². The van der Waals surface area contributed by atoms with E-state index in [1.54, 1.807) is 44.2 Å². The van der Waals surface area contributed by atoms with Crippen LogP contribution in [0, 0.1) is 0 Å². The minimum absolute atomic E-state index is 0.00455. The average molecular weight is 449 g/mol. The van der Waals surface area contributed by atoms with Gasteiger partial charge >= 0.3 is 5.97 Å². The monoisotopic (exact) mass is 448 g/mol. The third-order valence-corrected chi connectivity index (χ3v) is 5.29. The van der Waals surface area contributed by atoms with Crippen LogP contribution in [-0.2, 0) is 11.2 Å². The van der Waals surface area contributed by atoms with Gasteiger partial charge in [-0.2, -0.15) is 0 Å². The van der Waals surface area contributed by atoms with Crippen LogP contribution in [0.2, 0.25) is 5.02 Å². The fourth-order valence-electron chi connectivity index (χ4n) is 3.13. The number of aromatic hydroxyl groups is 1. The Balaban J connectivity index is 1.94. The third-order valence-electron chi connectivity index (χ3n) is 4.99. The first-order valence-corrected chi connectivity index (χ1v) is 10.8. The van der Waals surface area contributed by atoms with E-state index in [2.05, 4.69) is 0 Å². The maximum Gasteiger partial charge on any atom is 0.310 e. The van der Waals surface area contributed by atoms with Gasteiger partial charge < -0.3 is 19.7 Å². The maximum absolute atomic E-state index is 12.0. The van der Waals surface area contributed by atoms with E-state index in [1.165, 1.54) is 0 Å². The van der Waals surface area contributed by atoms with E-state index in [4.69, 9.17) is 26.2 Å². The van der Waals surface area contributed by atoms with Gasteiger partial charge in [-0.25, -0.2) is 0 Å². The second-order valence-electron chi connectivity index (χ2n) is 7.27. The summed E-state index contributed by atoms with van der Waals surface area (Å²) in [5, 5.41) is 20.0. The van der Waals surface area contributed by atoms with Gasteiger partial charge in [-0.3, -0.25) is 9.59 Å². The van der Waals surface area contributed by atoms with Gasteiger partial charge in [-0.15, -0.1) is 0 Å². The van der Waals surface area contributed by atoms with Gasteiger partial charge in [0, 0.05) is 18.4 Å². The minimum Gasteiger partial charge on any atom is -0.507 e. The van der Waals surface area contributed by atoms with Crippen LogP contribution in [0.25, 0.3) is 0 Å². The molecule has 7 heteroatoms. The molecule has 2 aromatic rings. The number of carbonyl (C=O) groups excluding carboxylic acids is 1. The van der Waals surface area contributed by atoms with Gasteiger partial charge in [0.1, 0.15) is 17.2 Å². The molecule has 2 rings (SSSR count). The Bertz CT molecular complexity index is 925. The molecular weight excluding hydrogens is 420 g/mol. The lowest BCUT2D eigenvalue weighted by Crippen LogP contribution is -2.09. The lowest BCUT2D eigenvalue weighted by atomic mass is 10.00. The average Bonchev–Trinajstić information content (AvgIpc) is 2.75. The molecule has 1 unspecified atom stereocenters. The maximum atomic E-state index is 12.0. The van der Waals surface area contributed by atoms with E-state index in [-0.39, 0.29) is 11.5 Å². The predicted molar refractivity (Wildman–Crippen MR) is 120 cm³/mol. The van der Waals surface area contributed by atoms with Crippen LogP contribution in [0.5, 0.6) is 17.2 Å². The number of carboxylic acid groups (broad SMARTS) is 1. The van der Waals surface area contributed by atoms with Crippen molar-refractivity contribution in [1.82, 2.24) is 0 Å². The van der Waals surface area contributed by atoms with Gasteiger partial charge in [0.15, 0.2) is 5.78 Å². The Morgan fingerprint density at radius 1 is 1.06 bits per heavy atom. The van der Waals surface area contributed by atoms with E-state index in [0.717, 1.165) is 6.42 Å². The first kappa shape index (κ1) is 24.5. The van der Waals surface area contributed by atoms with Crippen LogP contribution in [0.4, 0.5) is 0 Å². The molecule has 0 saturated carbocycles. The number of rotatable bonds is 12. The molecule has 1 atom stereocenters. The number of phenolic OH excluding ortho intramolecular Hbond substituents is 1. The molecule has 0 saturated heterocycles. The predicted octanol–water partition coefficient (Wildman–Crippen LogP) is 5.63. The molecular formula is C24H29ClO6. The van der Waals surface area contributed by atoms with Crippen LogP contribution in [0.15, 0.2) is 30.3 Å². The summed E-state index contributed by atoms with van der Waals surface area (Å²) in [6, 6.07) is 8.29. The van der Waals surface area contributed by atoms with Crippen LogP contribution >= 0.6 is 11.6 Å². The molecule has 168 valence electrons. The Kier molecular flexibility index (Phi) is 9.19. The zero-order valence-electron chi connectivity index (χ0n) is 18.1. The summed E-state index contributed by atoms with van der Waals surface area (Å²) in [4.78, 5) is 23.1. The van der Waals surface area contributed by atoms with E-state index in [0.29, 0.717) is 65.7 Å². The molecule has 0 aliphatic carbocycles. The molecule has 0 radical (unpaired) electrons. The molecule has 0 aliphatic heterocycles. The zero-order valence-corrected chi connectivity index (χ0v) is 18.9. The number of halogens is 1. The highest BCUT2D eigenvalue weighted by Crippen LogP contribution is 2.33. The molecule has 0 aromatic heterocycles. The van der Waals surface area contributed by atoms with Gasteiger partial charge in [-0.1, -0.05) is 37.9 Å². The largest absolute Gasteiger partial charge is 0.507 e. The Morgan fingerprint density at radius 3 is 2.29 bits per heavy atom. The molecule has 0 bridgehead atoms. The van der Waals surface area contributed by atoms with Gasteiger partial charge in [0.25, 0.3) is 0 Å². The number of carbonyl (C=O) groups is 2. The highest BCUT2D eigenvalue weighted by Gasteiger charge is 2.17. The fraction of sp³-hybridized carbons (Fsp3) is 0.417. The standard InChI is InChI=1S/C24H29ClO6/c1-4-7-18-21(11-9-17(23(18)27)20(26)5-2)30-12-6-13-31-22-10-8-16(14-19(22)25)15(3)24(28)29/h8-11,14-15,27H,4-7,12-13H2,1-3H3,(H,28,29). The van der Waals surface area contributed by atoms with E-state index < -0.39 is 11.9 Å². The van der Waals surface area contributed by atoms with Crippen molar-refractivity contribution in [3.05, 3.63) is 52.0 Å². The number of benzene rings is 2. The van der Waals surface area contributed by atoms with Crippen molar-refractivity contribution < 1.29 is 29.3 Å². The first-order chi connectivity index (χ1) is 14.8. The van der Waals surface area contributed by atoms with Crippen molar-refractivity contribution in [2.24, 2.45) is 0 Å². The summed E-state index contributed by atoms with van der Waals surface area (Å²) in [7, 11) is 0. The molecule has 0 spiro atoms. The molecule has 0 aliphatic rings. The third kappa shape index (κ3) is 6.37. The number of ether oxygens (including phenoxy) is 2.